The summed E-state index contributed by atoms with van der Waals surface area (Å²) in [5.41, 5.74) is 0.903. The van der Waals surface area contributed by atoms with Crippen molar-refractivity contribution in [1.82, 2.24) is 10.6 Å². The highest BCUT2D eigenvalue weighted by atomic mass is 16.5. The fourth-order valence-corrected chi connectivity index (χ4v) is 3.05. The molecule has 23 heavy (non-hydrogen) atoms. The number of carbonyl (C=O) groups excluding carboxylic acids is 2. The van der Waals surface area contributed by atoms with E-state index < -0.39 is 0 Å². The molecule has 0 aromatic heterocycles. The molecule has 5 nitrogen and oxygen atoms in total. The number of carbonyl (C=O) groups is 2. The maximum absolute atomic E-state index is 12.3. The number of amides is 2. The molecule has 1 aromatic rings. The quantitative estimate of drug-likeness (QED) is 0.847. The Morgan fingerprint density at radius 3 is 2.39 bits per heavy atom. The minimum atomic E-state index is -0.318. The predicted molar refractivity (Wildman–Crippen MR) is 89.2 cm³/mol. The van der Waals surface area contributed by atoms with Crippen molar-refractivity contribution in [2.24, 2.45) is 0 Å². The van der Waals surface area contributed by atoms with E-state index in [1.807, 2.05) is 24.3 Å². The lowest BCUT2D eigenvalue weighted by atomic mass is 9.95. The summed E-state index contributed by atoms with van der Waals surface area (Å²) in [5, 5.41) is 5.96. The predicted octanol–water partition coefficient (Wildman–Crippen LogP) is 2.71. The van der Waals surface area contributed by atoms with Gasteiger partial charge in [-0.1, -0.05) is 31.4 Å². The van der Waals surface area contributed by atoms with Gasteiger partial charge >= 0.3 is 0 Å². The van der Waals surface area contributed by atoms with Crippen LogP contribution in [0.3, 0.4) is 0 Å². The third-order valence-electron chi connectivity index (χ3n) is 4.26. The molecule has 0 unspecified atom stereocenters. The standard InChI is InChI=1S/C18H26N2O3/c1-13(21)19-17(14-8-10-16(23-2)11-9-14)12-18(22)20-15-6-4-3-5-7-15/h8-11,15,17H,3-7,12H2,1-2H3,(H,19,21)(H,20,22)/t17-/m0/s1. The second-order valence-electron chi connectivity index (χ2n) is 6.13. The van der Waals surface area contributed by atoms with E-state index in [4.69, 9.17) is 4.74 Å². The third kappa shape index (κ3) is 5.58. The minimum absolute atomic E-state index is 0.00790. The van der Waals surface area contributed by atoms with Crippen LogP contribution in [-0.2, 0) is 9.59 Å². The summed E-state index contributed by atoms with van der Waals surface area (Å²) in [4.78, 5) is 23.8. The fraction of sp³-hybridized carbons (Fsp3) is 0.556. The molecule has 1 aliphatic rings. The van der Waals surface area contributed by atoms with Crippen molar-refractivity contribution in [2.45, 2.75) is 57.5 Å². The first kappa shape index (κ1) is 17.3. The van der Waals surface area contributed by atoms with Crippen molar-refractivity contribution in [3.63, 3.8) is 0 Å². The smallest absolute Gasteiger partial charge is 0.222 e. The molecule has 0 bridgehead atoms. The van der Waals surface area contributed by atoms with Gasteiger partial charge in [0.15, 0.2) is 0 Å². The normalized spacial score (nSPS) is 16.4. The first-order valence-corrected chi connectivity index (χ1v) is 8.29. The first-order valence-electron chi connectivity index (χ1n) is 8.29. The number of hydrogen-bond acceptors (Lipinski definition) is 3. The Morgan fingerprint density at radius 1 is 1.17 bits per heavy atom. The van der Waals surface area contributed by atoms with Gasteiger partial charge in [0.25, 0.3) is 0 Å². The molecule has 126 valence electrons. The third-order valence-corrected chi connectivity index (χ3v) is 4.26. The van der Waals surface area contributed by atoms with E-state index in [0.29, 0.717) is 0 Å². The molecule has 1 fully saturated rings. The van der Waals surface area contributed by atoms with Crippen LogP contribution in [0.4, 0.5) is 0 Å². The van der Waals surface area contributed by atoms with Crippen molar-refractivity contribution in [3.8, 4) is 5.75 Å². The first-order chi connectivity index (χ1) is 11.1. The van der Waals surface area contributed by atoms with Gasteiger partial charge in [0.1, 0.15) is 5.75 Å². The van der Waals surface area contributed by atoms with Crippen LogP contribution in [0.15, 0.2) is 24.3 Å². The maximum Gasteiger partial charge on any atom is 0.222 e. The maximum atomic E-state index is 12.3. The molecule has 1 atom stereocenters. The van der Waals surface area contributed by atoms with Crippen molar-refractivity contribution in [3.05, 3.63) is 29.8 Å². The van der Waals surface area contributed by atoms with Crippen LogP contribution in [0.2, 0.25) is 0 Å². The van der Waals surface area contributed by atoms with Crippen molar-refractivity contribution < 1.29 is 14.3 Å². The lowest BCUT2D eigenvalue weighted by Gasteiger charge is -2.24. The molecule has 2 amide bonds. The minimum Gasteiger partial charge on any atom is -0.497 e. The summed E-state index contributed by atoms with van der Waals surface area (Å²) < 4.78 is 5.14. The number of hydrogen-bond donors (Lipinski definition) is 2. The molecule has 1 aromatic carbocycles. The van der Waals surface area contributed by atoms with E-state index in [1.165, 1.54) is 26.2 Å². The summed E-state index contributed by atoms with van der Waals surface area (Å²) >= 11 is 0. The Morgan fingerprint density at radius 2 is 1.83 bits per heavy atom. The number of benzene rings is 1. The average Bonchev–Trinajstić information content (AvgIpc) is 2.55. The van der Waals surface area contributed by atoms with Gasteiger partial charge < -0.3 is 15.4 Å². The van der Waals surface area contributed by atoms with Crippen LogP contribution >= 0.6 is 0 Å². The van der Waals surface area contributed by atoms with Crippen molar-refractivity contribution >= 4 is 11.8 Å². The van der Waals surface area contributed by atoms with Gasteiger partial charge in [-0.2, -0.15) is 0 Å². The van der Waals surface area contributed by atoms with Gasteiger partial charge in [-0.15, -0.1) is 0 Å². The zero-order valence-electron chi connectivity index (χ0n) is 13.9. The van der Waals surface area contributed by atoms with E-state index in [9.17, 15) is 9.59 Å². The van der Waals surface area contributed by atoms with E-state index in [0.717, 1.165) is 24.2 Å². The highest BCUT2D eigenvalue weighted by Crippen LogP contribution is 2.22. The number of nitrogens with one attached hydrogen (secondary N) is 2. The van der Waals surface area contributed by atoms with Crippen LogP contribution in [-0.4, -0.2) is 25.0 Å². The lowest BCUT2D eigenvalue weighted by molar-refractivity contribution is -0.123. The molecule has 2 rings (SSSR count). The Kier molecular flexibility index (Phi) is 6.44. The second kappa shape index (κ2) is 8.56. The monoisotopic (exact) mass is 318 g/mol. The van der Waals surface area contributed by atoms with E-state index in [1.54, 1.807) is 7.11 Å². The molecule has 0 aliphatic heterocycles. The summed E-state index contributed by atoms with van der Waals surface area (Å²) in [6.45, 7) is 1.47. The van der Waals surface area contributed by atoms with Crippen LogP contribution in [0.5, 0.6) is 5.75 Å². The molecule has 0 radical (unpaired) electrons. The summed E-state index contributed by atoms with van der Waals surface area (Å²) in [7, 11) is 1.61. The summed E-state index contributed by atoms with van der Waals surface area (Å²) in [6, 6.07) is 7.40. The second-order valence-corrected chi connectivity index (χ2v) is 6.13. The fourth-order valence-electron chi connectivity index (χ4n) is 3.05. The zero-order chi connectivity index (χ0) is 16.7. The Hall–Kier alpha value is -2.04. The number of methoxy groups -OCH3 is 1. The topological polar surface area (TPSA) is 67.4 Å². The zero-order valence-corrected chi connectivity index (χ0v) is 13.9. The van der Waals surface area contributed by atoms with Crippen LogP contribution in [0, 0.1) is 0 Å². The number of ether oxygens (including phenoxy) is 1. The van der Waals surface area contributed by atoms with Crippen LogP contribution < -0.4 is 15.4 Å². The molecular weight excluding hydrogens is 292 g/mol. The van der Waals surface area contributed by atoms with Gasteiger partial charge in [0.2, 0.25) is 11.8 Å². The van der Waals surface area contributed by atoms with Crippen molar-refractivity contribution in [1.29, 1.82) is 0 Å². The van der Waals surface area contributed by atoms with Gasteiger partial charge in [-0.05, 0) is 30.5 Å². The molecule has 1 aliphatic carbocycles. The molecule has 0 spiro atoms. The van der Waals surface area contributed by atoms with Crippen LogP contribution in [0.25, 0.3) is 0 Å². The van der Waals surface area contributed by atoms with E-state index >= 15 is 0 Å². The molecular formula is C18H26N2O3. The SMILES string of the molecule is COc1ccc([C@H](CC(=O)NC2CCCCC2)NC(C)=O)cc1. The Bertz CT molecular complexity index is 522. The molecule has 0 saturated heterocycles. The average molecular weight is 318 g/mol. The van der Waals surface area contributed by atoms with Gasteiger partial charge in [-0.3, -0.25) is 9.59 Å². The molecule has 1 saturated carbocycles. The van der Waals surface area contributed by atoms with E-state index in [-0.39, 0.29) is 30.3 Å². The Balaban J connectivity index is 1.99. The summed E-state index contributed by atoms with van der Waals surface area (Å²) in [6.07, 6.45) is 5.98. The van der Waals surface area contributed by atoms with E-state index in [2.05, 4.69) is 10.6 Å². The molecule has 5 heteroatoms. The largest absolute Gasteiger partial charge is 0.497 e. The molecule has 2 N–H and O–H groups in total. The highest BCUT2D eigenvalue weighted by Gasteiger charge is 2.20. The van der Waals surface area contributed by atoms with Crippen molar-refractivity contribution in [2.75, 3.05) is 7.11 Å². The highest BCUT2D eigenvalue weighted by molar-refractivity contribution is 5.79. The Labute approximate surface area is 137 Å². The van der Waals surface area contributed by atoms with Gasteiger partial charge in [0, 0.05) is 13.0 Å². The van der Waals surface area contributed by atoms with Crippen LogP contribution in [0.1, 0.15) is 57.1 Å². The molecule has 0 heterocycles. The summed E-state index contributed by atoms with van der Waals surface area (Å²) in [5.74, 6) is 0.602. The van der Waals surface area contributed by atoms with Gasteiger partial charge in [-0.25, -0.2) is 0 Å². The van der Waals surface area contributed by atoms with Gasteiger partial charge in [0.05, 0.1) is 19.6 Å². The lowest BCUT2D eigenvalue weighted by Crippen LogP contribution is -2.39. The number of rotatable bonds is 6.